The summed E-state index contributed by atoms with van der Waals surface area (Å²) in [7, 11) is 6.15. The van der Waals surface area contributed by atoms with Crippen LogP contribution in [0.3, 0.4) is 0 Å². The standard InChI is InChI=1S/C35H44N8O3/c1-21(31-26(44-4)10-15-41(31)2)45-28-18-27(43-17-16-42(3)34(20-43)13-14-34)38-33(39-28)30-23-6-5-11-35(32(23)46-40-30)12-9-22-7-8-25(37)24(19-36)29(22)35/h7-8,18,21,26,31H,5-6,9-17,20,37H2,1-4H3/t21-,26-,31+,35-/m0/s1. The van der Waals surface area contributed by atoms with Crippen LogP contribution in [0.4, 0.5) is 11.5 Å². The molecule has 4 atom stereocenters. The first kappa shape index (κ1) is 29.7. The van der Waals surface area contributed by atoms with Crippen LogP contribution in [-0.2, 0) is 23.0 Å². The van der Waals surface area contributed by atoms with Crippen molar-refractivity contribution in [2.45, 2.75) is 87.5 Å². The highest BCUT2D eigenvalue weighted by Gasteiger charge is 2.51. The van der Waals surface area contributed by atoms with Crippen LogP contribution >= 0.6 is 0 Å². The number of methoxy groups -OCH3 is 1. The summed E-state index contributed by atoms with van der Waals surface area (Å²) < 4.78 is 18.8. The number of nitriles is 1. The lowest BCUT2D eigenvalue weighted by atomic mass is 9.68. The SMILES string of the molecule is CO[C@H]1CCN(C)[C@@H]1[C@H](C)Oc1cc(N2CCN(C)C3(CC3)C2)nc(-c2noc3c2CCC[C@@]32CCc3ccc(N)c(C#N)c32)n1. The number of aryl methyl sites for hydroxylation is 1. The van der Waals surface area contributed by atoms with Crippen LogP contribution in [0.2, 0.25) is 0 Å². The predicted molar refractivity (Wildman–Crippen MR) is 174 cm³/mol. The van der Waals surface area contributed by atoms with E-state index in [1.807, 2.05) is 12.1 Å². The smallest absolute Gasteiger partial charge is 0.219 e. The zero-order valence-electron chi connectivity index (χ0n) is 27.4. The number of benzene rings is 1. The second-order valence-electron chi connectivity index (χ2n) is 14.3. The molecular formula is C35H44N8O3. The number of nitrogen functional groups attached to an aromatic ring is 1. The average molecular weight is 625 g/mol. The van der Waals surface area contributed by atoms with Crippen LogP contribution in [0.25, 0.3) is 11.5 Å². The van der Waals surface area contributed by atoms with Crippen LogP contribution in [0, 0.1) is 11.3 Å². The Bertz CT molecular complexity index is 1710. The zero-order valence-corrected chi connectivity index (χ0v) is 27.4. The minimum absolute atomic E-state index is 0.105. The van der Waals surface area contributed by atoms with Crippen molar-refractivity contribution >= 4 is 11.5 Å². The maximum atomic E-state index is 10.1. The van der Waals surface area contributed by atoms with Crippen molar-refractivity contribution in [3.8, 4) is 23.5 Å². The predicted octanol–water partition coefficient (Wildman–Crippen LogP) is 3.92. The van der Waals surface area contributed by atoms with Crippen molar-refractivity contribution < 1.29 is 14.0 Å². The maximum absolute atomic E-state index is 10.1. The molecule has 3 aliphatic carbocycles. The molecule has 46 heavy (non-hydrogen) atoms. The van der Waals surface area contributed by atoms with E-state index in [2.05, 4.69) is 53.0 Å². The Morgan fingerprint density at radius 3 is 2.74 bits per heavy atom. The lowest BCUT2D eigenvalue weighted by molar-refractivity contribution is 0.0174. The third-order valence-electron chi connectivity index (χ3n) is 11.8. The minimum Gasteiger partial charge on any atom is -0.473 e. The number of ether oxygens (including phenoxy) is 2. The van der Waals surface area contributed by atoms with Gasteiger partial charge in [-0.15, -0.1) is 0 Å². The minimum atomic E-state index is -0.419. The molecule has 3 aromatic rings. The number of nitrogens with two attached hydrogens (primary N) is 1. The molecule has 2 aromatic heterocycles. The molecule has 242 valence electrons. The number of rotatable bonds is 6. The average Bonchev–Trinajstić information content (AvgIpc) is 3.34. The molecule has 0 radical (unpaired) electrons. The van der Waals surface area contributed by atoms with Gasteiger partial charge in [-0.25, -0.2) is 4.98 Å². The van der Waals surface area contributed by atoms with Crippen molar-refractivity contribution in [3.05, 3.63) is 46.2 Å². The molecular weight excluding hydrogens is 580 g/mol. The van der Waals surface area contributed by atoms with Gasteiger partial charge in [0.25, 0.3) is 0 Å². The van der Waals surface area contributed by atoms with E-state index in [0.717, 1.165) is 87.4 Å². The molecule has 5 aliphatic rings. The van der Waals surface area contributed by atoms with Gasteiger partial charge in [0.1, 0.15) is 18.0 Å². The van der Waals surface area contributed by atoms with Crippen LogP contribution in [0.5, 0.6) is 5.88 Å². The second-order valence-corrected chi connectivity index (χ2v) is 14.3. The zero-order chi connectivity index (χ0) is 31.8. The van der Waals surface area contributed by atoms with E-state index >= 15 is 0 Å². The largest absolute Gasteiger partial charge is 0.473 e. The summed E-state index contributed by atoms with van der Waals surface area (Å²) in [6.07, 6.45) is 7.77. The number of aromatic nitrogens is 3. The van der Waals surface area contributed by atoms with E-state index in [4.69, 9.17) is 29.7 Å². The van der Waals surface area contributed by atoms with Crippen LogP contribution in [0.1, 0.15) is 73.5 Å². The van der Waals surface area contributed by atoms with Gasteiger partial charge in [-0.05, 0) is 89.6 Å². The molecule has 2 spiro atoms. The Hall–Kier alpha value is -3.72. The Morgan fingerprint density at radius 2 is 1.96 bits per heavy atom. The van der Waals surface area contributed by atoms with E-state index in [1.165, 1.54) is 18.4 Å². The van der Waals surface area contributed by atoms with Gasteiger partial charge in [-0.2, -0.15) is 10.2 Å². The first-order valence-electron chi connectivity index (χ1n) is 16.8. The number of fused-ring (bicyclic) bond motifs is 4. The molecule has 0 unspecified atom stereocenters. The van der Waals surface area contributed by atoms with Gasteiger partial charge in [0.05, 0.1) is 23.1 Å². The normalized spacial score (nSPS) is 27.5. The molecule has 3 fully saturated rings. The highest BCUT2D eigenvalue weighted by atomic mass is 16.5. The van der Waals surface area contributed by atoms with E-state index < -0.39 is 5.41 Å². The lowest BCUT2D eigenvalue weighted by Gasteiger charge is -2.40. The number of hydrogen-bond acceptors (Lipinski definition) is 11. The summed E-state index contributed by atoms with van der Waals surface area (Å²) in [5, 5.41) is 14.8. The summed E-state index contributed by atoms with van der Waals surface area (Å²) in [5.41, 5.74) is 11.1. The number of anilines is 2. The van der Waals surface area contributed by atoms with Crippen LogP contribution in [-0.4, -0.2) is 96.1 Å². The van der Waals surface area contributed by atoms with Gasteiger partial charge in [-0.3, -0.25) is 9.80 Å². The first-order valence-corrected chi connectivity index (χ1v) is 16.8. The Morgan fingerprint density at radius 1 is 1.11 bits per heavy atom. The first-order chi connectivity index (χ1) is 22.3. The van der Waals surface area contributed by atoms with Gasteiger partial charge >= 0.3 is 0 Å². The fraction of sp³-hybridized carbons (Fsp3) is 0.600. The van der Waals surface area contributed by atoms with E-state index in [0.29, 0.717) is 28.6 Å². The number of hydrogen-bond donors (Lipinski definition) is 1. The van der Waals surface area contributed by atoms with E-state index in [1.54, 1.807) is 7.11 Å². The summed E-state index contributed by atoms with van der Waals surface area (Å²) in [6, 6.07) is 8.45. The van der Waals surface area contributed by atoms with Crippen molar-refractivity contribution in [1.29, 1.82) is 5.26 Å². The third-order valence-corrected chi connectivity index (χ3v) is 11.8. The Balaban J connectivity index is 1.20. The Labute approximate surface area is 270 Å². The van der Waals surface area contributed by atoms with Crippen molar-refractivity contribution in [3.63, 3.8) is 0 Å². The van der Waals surface area contributed by atoms with Gasteiger partial charge in [0.2, 0.25) is 5.88 Å². The quantitative estimate of drug-likeness (QED) is 0.401. The van der Waals surface area contributed by atoms with Gasteiger partial charge in [-0.1, -0.05) is 11.2 Å². The maximum Gasteiger partial charge on any atom is 0.219 e. The highest BCUT2D eigenvalue weighted by molar-refractivity contribution is 5.68. The fourth-order valence-electron chi connectivity index (χ4n) is 9.06. The second kappa shape index (κ2) is 10.9. The molecule has 11 nitrogen and oxygen atoms in total. The van der Waals surface area contributed by atoms with Crippen molar-refractivity contribution in [2.24, 2.45) is 0 Å². The fourth-order valence-corrected chi connectivity index (χ4v) is 9.06. The van der Waals surface area contributed by atoms with Crippen LogP contribution in [0.15, 0.2) is 22.7 Å². The number of likely N-dealkylation sites (tertiary alicyclic amines) is 1. The number of piperazine rings is 1. The van der Waals surface area contributed by atoms with Gasteiger partial charge < -0.3 is 24.6 Å². The lowest BCUT2D eigenvalue weighted by Crippen LogP contribution is -2.53. The summed E-state index contributed by atoms with van der Waals surface area (Å²) >= 11 is 0. The molecule has 11 heteroatoms. The third kappa shape index (κ3) is 4.52. The molecule has 2 aliphatic heterocycles. The molecule has 8 rings (SSSR count). The van der Waals surface area contributed by atoms with Crippen LogP contribution < -0.4 is 15.4 Å². The molecule has 4 heterocycles. The molecule has 1 saturated carbocycles. The van der Waals surface area contributed by atoms with E-state index in [9.17, 15) is 5.26 Å². The summed E-state index contributed by atoms with van der Waals surface area (Å²) in [5.74, 6) is 2.77. The van der Waals surface area contributed by atoms with Gasteiger partial charge in [0.15, 0.2) is 17.3 Å². The summed E-state index contributed by atoms with van der Waals surface area (Å²) in [4.78, 5) is 17.4. The molecule has 2 N–H and O–H groups in total. The Kier molecular flexibility index (Phi) is 7.05. The van der Waals surface area contributed by atoms with Gasteiger partial charge in [0, 0.05) is 56.1 Å². The number of likely N-dealkylation sites (N-methyl/N-ethyl adjacent to an activating group) is 2. The number of nitrogens with zero attached hydrogens (tertiary/aromatic N) is 7. The molecule has 0 bridgehead atoms. The topological polar surface area (TPSA) is 130 Å². The van der Waals surface area contributed by atoms with E-state index in [-0.39, 0.29) is 23.8 Å². The van der Waals surface area contributed by atoms with Crippen molar-refractivity contribution in [1.82, 2.24) is 24.9 Å². The monoisotopic (exact) mass is 624 g/mol. The van der Waals surface area contributed by atoms with Crippen molar-refractivity contribution in [2.75, 3.05) is 58.0 Å². The molecule has 0 amide bonds. The molecule has 1 aromatic carbocycles. The highest BCUT2D eigenvalue weighted by Crippen LogP contribution is 2.54. The molecule has 2 saturated heterocycles. The summed E-state index contributed by atoms with van der Waals surface area (Å²) in [6.45, 7) is 5.87.